The van der Waals surface area contributed by atoms with E-state index in [1.54, 1.807) is 19.2 Å². The summed E-state index contributed by atoms with van der Waals surface area (Å²) in [5.74, 6) is 1.03. The first kappa shape index (κ1) is 20.2. The highest BCUT2D eigenvalue weighted by Crippen LogP contribution is 2.42. The smallest absolute Gasteiger partial charge is 0.335 e. The summed E-state index contributed by atoms with van der Waals surface area (Å²) >= 11 is 0. The summed E-state index contributed by atoms with van der Waals surface area (Å²) in [6, 6.07) is 15.6. The van der Waals surface area contributed by atoms with Crippen molar-refractivity contribution >= 4 is 12.0 Å². The van der Waals surface area contributed by atoms with E-state index in [9.17, 15) is 9.90 Å². The molecule has 4 heteroatoms. The molecule has 2 atom stereocenters. The highest BCUT2D eigenvalue weighted by Gasteiger charge is 2.29. The summed E-state index contributed by atoms with van der Waals surface area (Å²) in [6.45, 7) is 1.06. The van der Waals surface area contributed by atoms with Gasteiger partial charge < -0.3 is 14.7 Å². The van der Waals surface area contributed by atoms with Gasteiger partial charge in [0.15, 0.2) is 0 Å². The molecule has 0 aliphatic heterocycles. The van der Waals surface area contributed by atoms with E-state index < -0.39 is 5.97 Å². The lowest BCUT2D eigenvalue weighted by molar-refractivity contribution is 0.0697. The van der Waals surface area contributed by atoms with Crippen LogP contribution in [0.1, 0.15) is 46.7 Å². The van der Waals surface area contributed by atoms with Gasteiger partial charge in [0.25, 0.3) is 0 Å². The van der Waals surface area contributed by atoms with Gasteiger partial charge in [-0.15, -0.1) is 0 Å². The summed E-state index contributed by atoms with van der Waals surface area (Å²) in [5.41, 5.74) is 3.99. The molecule has 2 aromatic carbocycles. The Balaban J connectivity index is 1.88. The molecule has 0 amide bonds. The van der Waals surface area contributed by atoms with Gasteiger partial charge in [0.2, 0.25) is 0 Å². The molecule has 0 spiro atoms. The van der Waals surface area contributed by atoms with Crippen LogP contribution in [0.2, 0.25) is 0 Å². The second kappa shape index (κ2) is 9.07. The number of allylic oxidation sites excluding steroid dienone is 1. The number of methoxy groups -OCH3 is 1. The van der Waals surface area contributed by atoms with E-state index in [1.807, 2.05) is 18.2 Å². The molecule has 1 saturated carbocycles. The molecule has 1 fully saturated rings. The quantitative estimate of drug-likeness (QED) is 0.774. The topological polar surface area (TPSA) is 49.8 Å². The van der Waals surface area contributed by atoms with E-state index in [0.29, 0.717) is 17.4 Å². The highest BCUT2D eigenvalue weighted by molar-refractivity contribution is 5.88. The maximum atomic E-state index is 11.3. The van der Waals surface area contributed by atoms with Crippen LogP contribution in [-0.2, 0) is 0 Å². The molecule has 1 aliphatic carbocycles. The molecule has 4 nitrogen and oxygen atoms in total. The van der Waals surface area contributed by atoms with Gasteiger partial charge in [-0.1, -0.05) is 35.9 Å². The predicted molar refractivity (Wildman–Crippen MR) is 113 cm³/mol. The van der Waals surface area contributed by atoms with Gasteiger partial charge in [-0.25, -0.2) is 4.79 Å². The van der Waals surface area contributed by atoms with Crippen molar-refractivity contribution in [1.82, 2.24) is 4.90 Å². The van der Waals surface area contributed by atoms with E-state index in [2.05, 4.69) is 43.3 Å². The Labute approximate surface area is 167 Å². The van der Waals surface area contributed by atoms with Crippen molar-refractivity contribution in [2.24, 2.45) is 5.92 Å². The molecule has 148 valence electrons. The van der Waals surface area contributed by atoms with Crippen LogP contribution < -0.4 is 4.74 Å². The lowest BCUT2D eigenvalue weighted by Gasteiger charge is -2.35. The van der Waals surface area contributed by atoms with Gasteiger partial charge in [-0.05, 0) is 80.6 Å². The Kier molecular flexibility index (Phi) is 6.53. The minimum Gasteiger partial charge on any atom is -0.497 e. The molecule has 3 rings (SSSR count). The summed E-state index contributed by atoms with van der Waals surface area (Å²) in [6.07, 6.45) is 5.34. The Morgan fingerprint density at radius 1 is 1.21 bits per heavy atom. The fraction of sp³-hybridized carbons (Fsp3) is 0.375. The van der Waals surface area contributed by atoms with Crippen molar-refractivity contribution < 1.29 is 14.6 Å². The zero-order chi connectivity index (χ0) is 20.1. The number of carboxylic acid groups (broad SMARTS) is 1. The summed E-state index contributed by atoms with van der Waals surface area (Å²) in [7, 11) is 5.97. The third-order valence-corrected chi connectivity index (χ3v) is 5.51. The first-order valence-electron chi connectivity index (χ1n) is 9.77. The lowest BCUT2D eigenvalue weighted by atomic mass is 9.73. The van der Waals surface area contributed by atoms with E-state index in [1.165, 1.54) is 11.1 Å². The van der Waals surface area contributed by atoms with Crippen LogP contribution in [0.25, 0.3) is 6.08 Å². The van der Waals surface area contributed by atoms with E-state index in [0.717, 1.165) is 37.1 Å². The molecule has 0 saturated heterocycles. The van der Waals surface area contributed by atoms with E-state index in [-0.39, 0.29) is 0 Å². The Bertz CT molecular complexity index is 856. The van der Waals surface area contributed by atoms with Crippen LogP contribution in [0, 0.1) is 5.92 Å². The number of hydrogen-bond acceptors (Lipinski definition) is 3. The van der Waals surface area contributed by atoms with Gasteiger partial charge in [0.05, 0.1) is 12.7 Å². The van der Waals surface area contributed by atoms with Crippen molar-refractivity contribution in [2.45, 2.75) is 25.2 Å². The number of nitrogens with zero attached hydrogens (tertiary/aromatic N) is 1. The largest absolute Gasteiger partial charge is 0.497 e. The van der Waals surface area contributed by atoms with Gasteiger partial charge in [-0.3, -0.25) is 0 Å². The van der Waals surface area contributed by atoms with E-state index >= 15 is 0 Å². The van der Waals surface area contributed by atoms with Gasteiger partial charge in [-0.2, -0.15) is 0 Å². The second-order valence-corrected chi connectivity index (χ2v) is 7.88. The number of benzene rings is 2. The molecule has 0 aromatic heterocycles. The van der Waals surface area contributed by atoms with Crippen LogP contribution in [0.5, 0.6) is 5.75 Å². The minimum absolute atomic E-state index is 0.333. The zero-order valence-corrected chi connectivity index (χ0v) is 16.9. The average molecular weight is 380 g/mol. The maximum Gasteiger partial charge on any atom is 0.335 e. The number of hydrogen-bond donors (Lipinski definition) is 1. The number of rotatable bonds is 6. The number of ether oxygens (including phenoxy) is 1. The number of carboxylic acids is 1. The van der Waals surface area contributed by atoms with Crippen LogP contribution >= 0.6 is 0 Å². The molecule has 0 radical (unpaired) electrons. The molecule has 0 bridgehead atoms. The second-order valence-electron chi connectivity index (χ2n) is 7.88. The Morgan fingerprint density at radius 3 is 2.71 bits per heavy atom. The molecule has 0 heterocycles. The SMILES string of the molecule is COc1cccc([C@H]2C/C(=C/c3cccc(C(=O)O)c3)CC[C@H]2CN(C)C)c1. The normalized spacial score (nSPS) is 21.1. The van der Waals surface area contributed by atoms with Crippen LogP contribution in [0.4, 0.5) is 0 Å². The fourth-order valence-electron chi connectivity index (χ4n) is 4.20. The van der Waals surface area contributed by atoms with E-state index in [4.69, 9.17) is 4.74 Å². The summed E-state index contributed by atoms with van der Waals surface area (Å²) < 4.78 is 5.44. The third kappa shape index (κ3) is 5.02. The zero-order valence-electron chi connectivity index (χ0n) is 16.9. The molecule has 28 heavy (non-hydrogen) atoms. The first-order chi connectivity index (χ1) is 13.5. The highest BCUT2D eigenvalue weighted by atomic mass is 16.5. The Hall–Kier alpha value is -2.59. The predicted octanol–water partition coefficient (Wildman–Crippen LogP) is 4.92. The van der Waals surface area contributed by atoms with Crippen LogP contribution in [-0.4, -0.2) is 43.7 Å². The van der Waals surface area contributed by atoms with Crippen molar-refractivity contribution in [3.63, 3.8) is 0 Å². The number of carbonyl (C=O) groups is 1. The molecular weight excluding hydrogens is 350 g/mol. The van der Waals surface area contributed by atoms with Crippen LogP contribution in [0.3, 0.4) is 0 Å². The Morgan fingerprint density at radius 2 is 2.00 bits per heavy atom. The minimum atomic E-state index is -0.885. The molecule has 1 N–H and O–H groups in total. The van der Waals surface area contributed by atoms with Gasteiger partial charge >= 0.3 is 5.97 Å². The van der Waals surface area contributed by atoms with Crippen molar-refractivity contribution in [1.29, 1.82) is 0 Å². The third-order valence-electron chi connectivity index (χ3n) is 5.51. The monoisotopic (exact) mass is 379 g/mol. The molecule has 1 aliphatic rings. The van der Waals surface area contributed by atoms with Gasteiger partial charge in [0, 0.05) is 6.54 Å². The van der Waals surface area contributed by atoms with Crippen molar-refractivity contribution in [3.05, 3.63) is 70.8 Å². The fourth-order valence-corrected chi connectivity index (χ4v) is 4.20. The number of aromatic carboxylic acids is 1. The van der Waals surface area contributed by atoms with Crippen LogP contribution in [0.15, 0.2) is 54.1 Å². The standard InChI is InChI=1S/C24H29NO3/c1-25(2)16-21-11-10-18(12-17-6-4-8-20(13-17)24(26)27)14-23(21)19-7-5-9-22(15-19)28-3/h4-9,12-13,15,21,23H,10-11,14,16H2,1-3H3,(H,26,27)/b18-12+/t21-,23+/m0/s1. The summed E-state index contributed by atoms with van der Waals surface area (Å²) in [5, 5.41) is 9.24. The molecule has 0 unspecified atom stereocenters. The van der Waals surface area contributed by atoms with Crippen molar-refractivity contribution in [3.8, 4) is 5.75 Å². The maximum absolute atomic E-state index is 11.3. The first-order valence-corrected chi connectivity index (χ1v) is 9.77. The van der Waals surface area contributed by atoms with Gasteiger partial charge in [0.1, 0.15) is 5.75 Å². The lowest BCUT2D eigenvalue weighted by Crippen LogP contribution is -2.29. The summed E-state index contributed by atoms with van der Waals surface area (Å²) in [4.78, 5) is 13.5. The van der Waals surface area contributed by atoms with Crippen molar-refractivity contribution in [2.75, 3.05) is 27.7 Å². The molecule has 2 aromatic rings. The molecular formula is C24H29NO3. The average Bonchev–Trinajstić information content (AvgIpc) is 2.69.